The van der Waals surface area contributed by atoms with Gasteiger partial charge in [0.2, 0.25) is 12.7 Å². The second-order valence-electron chi connectivity index (χ2n) is 10.0. The van der Waals surface area contributed by atoms with Crippen molar-refractivity contribution in [3.05, 3.63) is 94.6 Å². The highest BCUT2D eigenvalue weighted by molar-refractivity contribution is 6.30. The van der Waals surface area contributed by atoms with E-state index in [-0.39, 0.29) is 18.6 Å². The number of carbonyl (C=O) groups is 1. The zero-order chi connectivity index (χ0) is 26.1. The van der Waals surface area contributed by atoms with Crippen LogP contribution in [0.3, 0.4) is 0 Å². The van der Waals surface area contributed by atoms with E-state index in [0.29, 0.717) is 11.4 Å². The number of carbonyl (C=O) groups excluding carboxylic acids is 1. The van der Waals surface area contributed by atoms with Crippen LogP contribution >= 0.6 is 11.6 Å². The molecule has 1 saturated heterocycles. The summed E-state index contributed by atoms with van der Waals surface area (Å²) in [5.41, 5.74) is 4.65. The van der Waals surface area contributed by atoms with Gasteiger partial charge in [-0.25, -0.2) is 0 Å². The van der Waals surface area contributed by atoms with Gasteiger partial charge in [-0.2, -0.15) is 0 Å². The number of hydrogen-bond acceptors (Lipinski definition) is 4. The number of aromatic nitrogens is 1. The zero-order valence-electron chi connectivity index (χ0n) is 21.6. The Bertz CT molecular complexity index is 1460. The van der Waals surface area contributed by atoms with Crippen LogP contribution in [0.4, 0.5) is 0 Å². The minimum Gasteiger partial charge on any atom is -0.454 e. The monoisotopic (exact) mass is 529 g/mol. The number of piperazine rings is 1. The molecule has 1 aromatic heterocycles. The fourth-order valence-electron chi connectivity index (χ4n) is 5.70. The topological polar surface area (TPSA) is 46.9 Å². The van der Waals surface area contributed by atoms with Gasteiger partial charge in [-0.1, -0.05) is 48.0 Å². The Morgan fingerprint density at radius 2 is 1.76 bits per heavy atom. The zero-order valence-corrected chi connectivity index (χ0v) is 22.4. The molecule has 0 saturated carbocycles. The van der Waals surface area contributed by atoms with E-state index in [1.165, 1.54) is 22.0 Å². The number of ether oxygens (including phenoxy) is 2. The number of para-hydroxylation sites is 1. The van der Waals surface area contributed by atoms with Gasteiger partial charge in [-0.05, 0) is 53.9 Å². The predicted octanol–water partition coefficient (Wildman–Crippen LogP) is 5.91. The van der Waals surface area contributed by atoms with Gasteiger partial charge in [0.15, 0.2) is 11.5 Å². The Balaban J connectivity index is 1.18. The average molecular weight is 530 g/mol. The van der Waals surface area contributed by atoms with Crippen molar-refractivity contribution in [1.82, 2.24) is 14.4 Å². The van der Waals surface area contributed by atoms with Crippen molar-refractivity contribution < 1.29 is 14.3 Å². The summed E-state index contributed by atoms with van der Waals surface area (Å²) in [7, 11) is 0. The number of rotatable bonds is 7. The normalized spacial score (nSPS) is 16.2. The Kier molecular flexibility index (Phi) is 7.00. The van der Waals surface area contributed by atoms with Gasteiger partial charge in [0.05, 0.1) is 0 Å². The first-order valence-corrected chi connectivity index (χ1v) is 13.7. The lowest BCUT2D eigenvalue weighted by Crippen LogP contribution is -2.48. The highest BCUT2D eigenvalue weighted by atomic mass is 35.5. The molecule has 3 aromatic carbocycles. The van der Waals surface area contributed by atoms with Crippen LogP contribution in [0.5, 0.6) is 11.5 Å². The summed E-state index contributed by atoms with van der Waals surface area (Å²) >= 11 is 6.41. The minimum absolute atomic E-state index is 0.0643. The lowest BCUT2D eigenvalue weighted by atomic mass is 9.87. The van der Waals surface area contributed by atoms with E-state index in [2.05, 4.69) is 65.1 Å². The predicted molar refractivity (Wildman–Crippen MR) is 150 cm³/mol. The van der Waals surface area contributed by atoms with E-state index < -0.39 is 0 Å². The summed E-state index contributed by atoms with van der Waals surface area (Å²) < 4.78 is 13.2. The third kappa shape index (κ3) is 4.98. The van der Waals surface area contributed by atoms with Crippen LogP contribution in [0.25, 0.3) is 10.9 Å². The molecule has 1 amide bonds. The Morgan fingerprint density at radius 1 is 0.947 bits per heavy atom. The molecule has 6 nitrogen and oxygen atoms in total. The first kappa shape index (κ1) is 24.8. The molecule has 0 radical (unpaired) electrons. The third-order valence-corrected chi connectivity index (χ3v) is 7.97. The summed E-state index contributed by atoms with van der Waals surface area (Å²) in [5, 5.41) is 1.89. The second kappa shape index (κ2) is 10.7. The number of aryl methyl sites for hydroxylation is 1. The maximum absolute atomic E-state index is 13.7. The molecule has 6 rings (SSSR count). The van der Waals surface area contributed by atoms with Gasteiger partial charge in [0, 0.05) is 73.7 Å². The average Bonchev–Trinajstić information content (AvgIpc) is 3.56. The van der Waals surface area contributed by atoms with Crippen molar-refractivity contribution in [2.24, 2.45) is 0 Å². The van der Waals surface area contributed by atoms with Crippen LogP contribution in [0.2, 0.25) is 5.02 Å². The van der Waals surface area contributed by atoms with E-state index in [1.54, 1.807) is 0 Å². The quantitative estimate of drug-likeness (QED) is 0.298. The maximum atomic E-state index is 13.7. The Labute approximate surface area is 228 Å². The first-order valence-electron chi connectivity index (χ1n) is 13.3. The van der Waals surface area contributed by atoms with Crippen molar-refractivity contribution in [1.29, 1.82) is 0 Å². The fourth-order valence-corrected chi connectivity index (χ4v) is 5.90. The van der Waals surface area contributed by atoms with Crippen LogP contribution in [0.1, 0.15) is 36.0 Å². The molecule has 1 unspecified atom stereocenters. The maximum Gasteiger partial charge on any atom is 0.231 e. The third-order valence-electron chi connectivity index (χ3n) is 7.73. The fraction of sp³-hybridized carbons (Fsp3) is 0.323. The summed E-state index contributed by atoms with van der Waals surface area (Å²) in [6.07, 6.45) is 2.63. The van der Waals surface area contributed by atoms with Gasteiger partial charge in [-0.3, -0.25) is 9.69 Å². The number of nitrogens with zero attached hydrogens (tertiary/aromatic N) is 3. The molecule has 0 spiro atoms. The van der Waals surface area contributed by atoms with Gasteiger partial charge in [0.25, 0.3) is 0 Å². The molecule has 7 heteroatoms. The van der Waals surface area contributed by atoms with E-state index in [0.717, 1.165) is 56.3 Å². The molecule has 0 N–H and O–H groups in total. The van der Waals surface area contributed by atoms with Crippen LogP contribution in [-0.4, -0.2) is 53.2 Å². The number of benzene rings is 3. The molecule has 0 bridgehead atoms. The van der Waals surface area contributed by atoms with Crippen LogP contribution in [-0.2, 0) is 17.9 Å². The Morgan fingerprint density at radius 3 is 2.58 bits per heavy atom. The van der Waals surface area contributed by atoms with E-state index in [9.17, 15) is 4.79 Å². The lowest BCUT2D eigenvalue weighted by Gasteiger charge is -2.35. The number of fused-ring (bicyclic) bond motifs is 2. The van der Waals surface area contributed by atoms with Crippen molar-refractivity contribution in [2.75, 3.05) is 33.0 Å². The van der Waals surface area contributed by atoms with Crippen molar-refractivity contribution in [3.8, 4) is 11.5 Å². The molecule has 38 heavy (non-hydrogen) atoms. The smallest absolute Gasteiger partial charge is 0.231 e. The molecule has 1 fully saturated rings. The molecule has 1 atom stereocenters. The van der Waals surface area contributed by atoms with Crippen molar-refractivity contribution in [3.63, 3.8) is 0 Å². The van der Waals surface area contributed by atoms with Gasteiger partial charge in [-0.15, -0.1) is 0 Å². The standard InChI is InChI=1S/C31H32ClN3O3/c1-2-34-20-27(25-8-3-4-9-28(25)34)26(23-6-5-7-24(32)17-23)18-31(36)35-14-12-33(13-15-35)19-22-10-11-29-30(16-22)38-21-37-29/h3-11,16-17,20,26H,2,12-15,18-19,21H2,1H3. The molecule has 3 heterocycles. The van der Waals surface area contributed by atoms with E-state index >= 15 is 0 Å². The Hall–Kier alpha value is -3.48. The molecular formula is C31H32ClN3O3. The molecule has 196 valence electrons. The summed E-state index contributed by atoms with van der Waals surface area (Å²) in [5.74, 6) is 1.74. The first-order chi connectivity index (χ1) is 18.6. The van der Waals surface area contributed by atoms with E-state index in [1.807, 2.05) is 29.2 Å². The summed E-state index contributed by atoms with van der Waals surface area (Å²) in [4.78, 5) is 18.1. The highest BCUT2D eigenvalue weighted by Gasteiger charge is 2.27. The minimum atomic E-state index is -0.0643. The van der Waals surface area contributed by atoms with Crippen LogP contribution in [0, 0.1) is 0 Å². The number of halogens is 1. The van der Waals surface area contributed by atoms with Crippen molar-refractivity contribution in [2.45, 2.75) is 32.4 Å². The van der Waals surface area contributed by atoms with Gasteiger partial charge < -0.3 is 18.9 Å². The van der Waals surface area contributed by atoms with Gasteiger partial charge >= 0.3 is 0 Å². The second-order valence-corrected chi connectivity index (χ2v) is 10.5. The van der Waals surface area contributed by atoms with Crippen molar-refractivity contribution >= 4 is 28.4 Å². The SMILES string of the molecule is CCn1cc(C(CC(=O)N2CCN(Cc3ccc4c(c3)OCO4)CC2)c2cccc(Cl)c2)c2ccccc21. The highest BCUT2D eigenvalue weighted by Crippen LogP contribution is 2.36. The molecular weight excluding hydrogens is 498 g/mol. The van der Waals surface area contributed by atoms with Gasteiger partial charge in [0.1, 0.15) is 0 Å². The van der Waals surface area contributed by atoms with E-state index in [4.69, 9.17) is 21.1 Å². The van der Waals surface area contributed by atoms with Crippen LogP contribution in [0.15, 0.2) is 72.9 Å². The molecule has 0 aliphatic carbocycles. The molecule has 2 aliphatic rings. The lowest BCUT2D eigenvalue weighted by molar-refractivity contribution is -0.133. The molecule has 4 aromatic rings. The van der Waals surface area contributed by atoms with Crippen LogP contribution < -0.4 is 9.47 Å². The molecule has 2 aliphatic heterocycles. The number of amides is 1. The summed E-state index contributed by atoms with van der Waals surface area (Å²) in [6, 6.07) is 22.5. The largest absolute Gasteiger partial charge is 0.454 e. The summed E-state index contributed by atoms with van der Waals surface area (Å²) in [6.45, 7) is 7.29. The number of hydrogen-bond donors (Lipinski definition) is 0.